The predicted octanol–water partition coefficient (Wildman–Crippen LogP) is 11.1. The van der Waals surface area contributed by atoms with Crippen LogP contribution in [0.4, 0.5) is 0 Å². The summed E-state index contributed by atoms with van der Waals surface area (Å²) in [4.78, 5) is 0. The van der Waals surface area contributed by atoms with Gasteiger partial charge in [0.1, 0.15) is 11.3 Å². The van der Waals surface area contributed by atoms with Crippen LogP contribution in [0.5, 0.6) is 0 Å². The predicted molar refractivity (Wildman–Crippen MR) is 182 cm³/mol. The third-order valence-corrected chi connectivity index (χ3v) is 8.59. The van der Waals surface area contributed by atoms with Gasteiger partial charge in [-0.05, 0) is 63.2 Å². The van der Waals surface area contributed by atoms with Crippen LogP contribution in [0.15, 0.2) is 162 Å². The molecule has 0 fully saturated rings. The molecule has 0 spiro atoms. The minimum Gasteiger partial charge on any atom is -0.454 e. The maximum atomic E-state index is 6.48. The van der Waals surface area contributed by atoms with E-state index in [9.17, 15) is 0 Å². The Morgan fingerprint density at radius 2 is 1.07 bits per heavy atom. The lowest BCUT2D eigenvalue weighted by molar-refractivity contribution is 0.628. The minimum absolute atomic E-state index is 0.755. The van der Waals surface area contributed by atoms with Gasteiger partial charge in [0.05, 0.1) is 11.2 Å². The van der Waals surface area contributed by atoms with Gasteiger partial charge >= 0.3 is 0 Å². The number of nitrogens with zero attached hydrogens (tertiary/aromatic N) is 2. The third kappa shape index (κ3) is 3.87. The number of benzene rings is 6. The smallest absolute Gasteiger partial charge is 0.156 e. The fraction of sp³-hybridized carbons (Fsp3) is 0. The summed E-state index contributed by atoms with van der Waals surface area (Å²) in [6, 6.07) is 55.5. The molecule has 0 aliphatic carbocycles. The van der Waals surface area contributed by atoms with Crippen LogP contribution < -0.4 is 0 Å². The highest BCUT2D eigenvalue weighted by atomic mass is 16.3. The molecule has 6 aromatic carbocycles. The number of hydrogen-bond donors (Lipinski definition) is 0. The molecule has 9 aromatic rings. The molecule has 0 saturated carbocycles. The number of furan rings is 1. The lowest BCUT2D eigenvalue weighted by atomic mass is 9.92. The Labute approximate surface area is 254 Å². The van der Waals surface area contributed by atoms with E-state index in [-0.39, 0.29) is 0 Å². The molecule has 0 bridgehead atoms. The summed E-state index contributed by atoms with van der Waals surface area (Å²) in [5, 5.41) is 11.2. The number of rotatable bonds is 4. The van der Waals surface area contributed by atoms with Crippen molar-refractivity contribution in [3.63, 3.8) is 0 Å². The molecule has 3 heterocycles. The zero-order valence-electron chi connectivity index (χ0n) is 23.8. The lowest BCUT2D eigenvalue weighted by Crippen LogP contribution is -1.98. The summed E-state index contributed by atoms with van der Waals surface area (Å²) < 4.78 is 8.62. The average Bonchev–Trinajstić information content (AvgIpc) is 3.71. The van der Waals surface area contributed by atoms with Crippen LogP contribution >= 0.6 is 0 Å². The van der Waals surface area contributed by atoms with Crippen LogP contribution in [0.25, 0.3) is 83.0 Å². The molecular weight excluding hydrogens is 536 g/mol. The Kier molecular flexibility index (Phi) is 5.50. The van der Waals surface area contributed by atoms with E-state index < -0.39 is 0 Å². The van der Waals surface area contributed by atoms with E-state index in [1.54, 1.807) is 0 Å². The van der Waals surface area contributed by atoms with E-state index >= 15 is 0 Å². The van der Waals surface area contributed by atoms with Gasteiger partial charge < -0.3 is 4.42 Å². The van der Waals surface area contributed by atoms with Crippen LogP contribution in [0, 0.1) is 0 Å². The molecule has 44 heavy (non-hydrogen) atoms. The second-order valence-electron chi connectivity index (χ2n) is 11.2. The molecule has 0 aliphatic heterocycles. The molecule has 3 heteroatoms. The van der Waals surface area contributed by atoms with Crippen molar-refractivity contribution < 1.29 is 4.42 Å². The summed E-state index contributed by atoms with van der Waals surface area (Å²) in [6.45, 7) is 0. The quantitative estimate of drug-likeness (QED) is 0.214. The monoisotopic (exact) mass is 562 g/mol. The highest BCUT2D eigenvalue weighted by Crippen LogP contribution is 2.44. The van der Waals surface area contributed by atoms with E-state index in [1.165, 1.54) is 21.9 Å². The van der Waals surface area contributed by atoms with Gasteiger partial charge in [0, 0.05) is 21.9 Å². The molecule has 3 aromatic heterocycles. The Bertz CT molecular complexity index is 2450. The SMILES string of the molecule is c1ccc(-c2cc3ccccc3cc2-c2cc3ccccc3c3c(-c4ccccc4)c(-c4cc5ccccc5o4)nn23)cc1. The zero-order chi connectivity index (χ0) is 29.0. The first kappa shape index (κ1) is 24.6. The molecule has 3 nitrogen and oxygen atoms in total. The van der Waals surface area contributed by atoms with Crippen LogP contribution in [0.3, 0.4) is 0 Å². The average molecular weight is 563 g/mol. The molecule has 9 rings (SSSR count). The molecule has 0 aliphatic rings. The standard InChI is InChI=1S/C41H26N2O/c1-3-13-27(14-4-1)34-23-29-17-7-8-18-30(29)24-35(34)36-25-31-19-9-11-21-33(31)41-39(28-15-5-2-6-16-28)40(42-43(36)41)38-26-32-20-10-12-22-37(32)44-38/h1-26H. The first-order chi connectivity index (χ1) is 21.8. The van der Waals surface area contributed by atoms with Gasteiger partial charge in [-0.1, -0.05) is 127 Å². The molecule has 0 radical (unpaired) electrons. The minimum atomic E-state index is 0.755. The summed E-state index contributed by atoms with van der Waals surface area (Å²) in [5.41, 5.74) is 9.40. The molecule has 0 N–H and O–H groups in total. The Hall–Kier alpha value is -5.93. The number of fused-ring (bicyclic) bond motifs is 5. The van der Waals surface area contributed by atoms with Crippen molar-refractivity contribution in [2.75, 3.05) is 0 Å². The molecule has 0 unspecified atom stereocenters. The van der Waals surface area contributed by atoms with Crippen molar-refractivity contribution in [3.8, 4) is 45.0 Å². The van der Waals surface area contributed by atoms with Gasteiger partial charge in [-0.15, -0.1) is 0 Å². The zero-order valence-corrected chi connectivity index (χ0v) is 23.8. The normalized spacial score (nSPS) is 11.6. The highest BCUT2D eigenvalue weighted by Gasteiger charge is 2.24. The molecule has 0 saturated heterocycles. The first-order valence-corrected chi connectivity index (χ1v) is 14.9. The highest BCUT2D eigenvalue weighted by molar-refractivity contribution is 6.09. The summed E-state index contributed by atoms with van der Waals surface area (Å²) in [5.74, 6) is 0.755. The van der Waals surface area contributed by atoms with Crippen molar-refractivity contribution in [1.29, 1.82) is 0 Å². The van der Waals surface area contributed by atoms with Gasteiger partial charge in [0.15, 0.2) is 5.76 Å². The fourth-order valence-electron chi connectivity index (χ4n) is 6.54. The Morgan fingerprint density at radius 3 is 1.80 bits per heavy atom. The number of aromatic nitrogens is 2. The van der Waals surface area contributed by atoms with Crippen molar-refractivity contribution >= 4 is 38.0 Å². The third-order valence-electron chi connectivity index (χ3n) is 8.59. The first-order valence-electron chi connectivity index (χ1n) is 14.9. The van der Waals surface area contributed by atoms with Gasteiger partial charge in [0.25, 0.3) is 0 Å². The summed E-state index contributed by atoms with van der Waals surface area (Å²) >= 11 is 0. The van der Waals surface area contributed by atoms with Crippen molar-refractivity contribution in [1.82, 2.24) is 9.61 Å². The van der Waals surface area contributed by atoms with E-state index in [0.717, 1.165) is 61.1 Å². The molecule has 0 atom stereocenters. The van der Waals surface area contributed by atoms with E-state index in [1.807, 2.05) is 18.2 Å². The Balaban J connectivity index is 1.45. The van der Waals surface area contributed by atoms with Crippen molar-refractivity contribution in [2.24, 2.45) is 0 Å². The van der Waals surface area contributed by atoms with Crippen LogP contribution in [-0.4, -0.2) is 9.61 Å². The van der Waals surface area contributed by atoms with E-state index in [2.05, 4.69) is 144 Å². The topological polar surface area (TPSA) is 30.4 Å². The maximum absolute atomic E-state index is 6.48. The second kappa shape index (κ2) is 9.82. The van der Waals surface area contributed by atoms with Gasteiger partial charge in [-0.25, -0.2) is 4.52 Å². The van der Waals surface area contributed by atoms with E-state index in [0.29, 0.717) is 0 Å². The molecule has 0 amide bonds. The molecular formula is C41H26N2O. The van der Waals surface area contributed by atoms with Crippen LogP contribution in [0.2, 0.25) is 0 Å². The van der Waals surface area contributed by atoms with Crippen molar-refractivity contribution in [2.45, 2.75) is 0 Å². The van der Waals surface area contributed by atoms with Crippen LogP contribution in [0.1, 0.15) is 0 Å². The second-order valence-corrected chi connectivity index (χ2v) is 11.2. The number of para-hydroxylation sites is 1. The Morgan fingerprint density at radius 1 is 0.477 bits per heavy atom. The molecule has 206 valence electrons. The maximum Gasteiger partial charge on any atom is 0.156 e. The van der Waals surface area contributed by atoms with Gasteiger partial charge in [-0.2, -0.15) is 5.10 Å². The number of pyridine rings is 1. The van der Waals surface area contributed by atoms with Crippen LogP contribution in [-0.2, 0) is 0 Å². The van der Waals surface area contributed by atoms with Crippen molar-refractivity contribution in [3.05, 3.63) is 158 Å². The summed E-state index contributed by atoms with van der Waals surface area (Å²) in [6.07, 6.45) is 0. The number of hydrogen-bond acceptors (Lipinski definition) is 2. The lowest BCUT2D eigenvalue weighted by Gasteiger charge is -2.15. The fourth-order valence-corrected chi connectivity index (χ4v) is 6.54. The summed E-state index contributed by atoms with van der Waals surface area (Å²) in [7, 11) is 0. The van der Waals surface area contributed by atoms with Gasteiger partial charge in [-0.3, -0.25) is 0 Å². The largest absolute Gasteiger partial charge is 0.454 e. The van der Waals surface area contributed by atoms with E-state index in [4.69, 9.17) is 9.52 Å². The van der Waals surface area contributed by atoms with Gasteiger partial charge in [0.2, 0.25) is 0 Å².